The second-order valence-corrected chi connectivity index (χ2v) is 3.32. The van der Waals surface area contributed by atoms with Gasteiger partial charge in [-0.25, -0.2) is 4.98 Å². The highest BCUT2D eigenvalue weighted by Crippen LogP contribution is 2.20. The van der Waals surface area contributed by atoms with E-state index in [9.17, 15) is 10.1 Å². The number of nitro groups is 1. The molecule has 1 aromatic rings. The monoisotopic (exact) mass is 242 g/mol. The molecule has 0 aliphatic heterocycles. The minimum Gasteiger partial charge on any atom is -0.394 e. The van der Waals surface area contributed by atoms with Gasteiger partial charge in [-0.1, -0.05) is 0 Å². The van der Waals surface area contributed by atoms with E-state index < -0.39 is 11.0 Å². The Hall–Kier alpha value is -1.93. The summed E-state index contributed by atoms with van der Waals surface area (Å²) >= 11 is 0. The number of aliphatic hydroxyl groups excluding tert-OH is 2. The average Bonchev–Trinajstić information content (AvgIpc) is 2.35. The van der Waals surface area contributed by atoms with E-state index in [2.05, 4.69) is 15.6 Å². The van der Waals surface area contributed by atoms with Crippen LogP contribution in [0.3, 0.4) is 0 Å². The van der Waals surface area contributed by atoms with Crippen molar-refractivity contribution < 1.29 is 15.1 Å². The molecule has 1 heterocycles. The molecule has 0 aliphatic carbocycles. The van der Waals surface area contributed by atoms with Crippen molar-refractivity contribution in [2.75, 3.05) is 30.8 Å². The van der Waals surface area contributed by atoms with E-state index in [4.69, 9.17) is 10.2 Å². The van der Waals surface area contributed by atoms with Gasteiger partial charge in [-0.2, -0.15) is 0 Å². The van der Waals surface area contributed by atoms with E-state index >= 15 is 0 Å². The zero-order valence-corrected chi connectivity index (χ0v) is 9.25. The van der Waals surface area contributed by atoms with Crippen LogP contribution >= 0.6 is 0 Å². The first-order valence-corrected chi connectivity index (χ1v) is 4.94. The van der Waals surface area contributed by atoms with Crippen LogP contribution in [-0.2, 0) is 0 Å². The maximum atomic E-state index is 10.6. The van der Waals surface area contributed by atoms with Gasteiger partial charge in [0.15, 0.2) is 0 Å². The normalized spacial score (nSPS) is 11.9. The zero-order chi connectivity index (χ0) is 12.8. The Labute approximate surface area is 97.5 Å². The third-order valence-electron chi connectivity index (χ3n) is 2.01. The predicted octanol–water partition coefficient (Wildman–Crippen LogP) is -0.203. The number of nitrogens with one attached hydrogen (secondary N) is 2. The van der Waals surface area contributed by atoms with Crippen LogP contribution in [0.15, 0.2) is 12.1 Å². The van der Waals surface area contributed by atoms with Crippen molar-refractivity contribution >= 4 is 17.3 Å². The highest BCUT2D eigenvalue weighted by Gasteiger charge is 2.11. The minimum absolute atomic E-state index is 0.0633. The summed E-state index contributed by atoms with van der Waals surface area (Å²) in [5.74, 6) is 0.608. The van der Waals surface area contributed by atoms with E-state index in [1.165, 1.54) is 12.1 Å². The number of rotatable bonds is 6. The van der Waals surface area contributed by atoms with E-state index in [0.29, 0.717) is 5.82 Å². The zero-order valence-electron chi connectivity index (χ0n) is 9.25. The van der Waals surface area contributed by atoms with Crippen molar-refractivity contribution in [3.05, 3.63) is 22.2 Å². The lowest BCUT2D eigenvalue weighted by atomic mass is 10.3. The molecule has 0 amide bonds. The van der Waals surface area contributed by atoms with Crippen LogP contribution in [0.2, 0.25) is 0 Å². The van der Waals surface area contributed by atoms with E-state index in [1.807, 2.05) is 0 Å². The fourth-order valence-corrected chi connectivity index (χ4v) is 1.13. The van der Waals surface area contributed by atoms with Gasteiger partial charge in [0.2, 0.25) is 0 Å². The molecule has 4 N–H and O–H groups in total. The smallest absolute Gasteiger partial charge is 0.276 e. The molecule has 0 saturated heterocycles. The SMILES string of the molecule is CNc1cc([N+](=O)[O-])cc(NCC(O)CO)n1. The molecular weight excluding hydrogens is 228 g/mol. The number of pyridine rings is 1. The fourth-order valence-electron chi connectivity index (χ4n) is 1.13. The highest BCUT2D eigenvalue weighted by atomic mass is 16.6. The van der Waals surface area contributed by atoms with Crippen LogP contribution in [0.4, 0.5) is 17.3 Å². The maximum absolute atomic E-state index is 10.6. The van der Waals surface area contributed by atoms with Crippen LogP contribution in [0.25, 0.3) is 0 Å². The van der Waals surface area contributed by atoms with Gasteiger partial charge in [0.1, 0.15) is 11.6 Å². The molecule has 0 aromatic carbocycles. The number of nitrogens with zero attached hydrogens (tertiary/aromatic N) is 2. The third-order valence-corrected chi connectivity index (χ3v) is 2.01. The summed E-state index contributed by atoms with van der Waals surface area (Å²) in [7, 11) is 1.60. The largest absolute Gasteiger partial charge is 0.394 e. The van der Waals surface area contributed by atoms with Gasteiger partial charge in [0, 0.05) is 13.6 Å². The summed E-state index contributed by atoms with van der Waals surface area (Å²) in [6.45, 7) is -0.325. The Balaban J connectivity index is 2.83. The molecule has 0 saturated carbocycles. The summed E-state index contributed by atoms with van der Waals surface area (Å²) < 4.78 is 0. The van der Waals surface area contributed by atoms with Gasteiger partial charge < -0.3 is 20.8 Å². The molecule has 1 unspecified atom stereocenters. The molecule has 0 spiro atoms. The van der Waals surface area contributed by atoms with Crippen molar-refractivity contribution in [1.29, 1.82) is 0 Å². The average molecular weight is 242 g/mol. The molecular formula is C9H14N4O4. The lowest BCUT2D eigenvalue weighted by molar-refractivity contribution is -0.384. The molecule has 0 fully saturated rings. The summed E-state index contributed by atoms with van der Waals surface area (Å²) in [5.41, 5.74) is -0.106. The molecule has 1 aromatic heterocycles. The quantitative estimate of drug-likeness (QED) is 0.402. The standard InChI is InChI=1S/C9H14N4O4/c1-10-8-2-6(13(16)17)3-9(12-8)11-4-7(15)5-14/h2-3,7,14-15H,4-5H2,1H3,(H2,10,11,12). The first-order chi connectivity index (χ1) is 8.06. The third kappa shape index (κ3) is 3.85. The molecule has 8 heteroatoms. The van der Waals surface area contributed by atoms with E-state index in [0.717, 1.165) is 0 Å². The second kappa shape index (κ2) is 5.97. The maximum Gasteiger partial charge on any atom is 0.276 e. The molecule has 94 valence electrons. The second-order valence-electron chi connectivity index (χ2n) is 3.32. The highest BCUT2D eigenvalue weighted by molar-refractivity contribution is 5.54. The molecule has 1 rings (SSSR count). The van der Waals surface area contributed by atoms with Gasteiger partial charge >= 0.3 is 0 Å². The van der Waals surface area contributed by atoms with Crippen molar-refractivity contribution in [3.63, 3.8) is 0 Å². The van der Waals surface area contributed by atoms with Crippen molar-refractivity contribution in [2.24, 2.45) is 0 Å². The van der Waals surface area contributed by atoms with Gasteiger partial charge in [0.05, 0.1) is 29.8 Å². The lowest BCUT2D eigenvalue weighted by Gasteiger charge is -2.10. The molecule has 8 nitrogen and oxygen atoms in total. The van der Waals surface area contributed by atoms with Crippen molar-refractivity contribution in [2.45, 2.75) is 6.10 Å². The predicted molar refractivity (Wildman–Crippen MR) is 62.0 cm³/mol. The van der Waals surface area contributed by atoms with Gasteiger partial charge in [-0.05, 0) is 0 Å². The Morgan fingerprint density at radius 1 is 1.53 bits per heavy atom. The Bertz CT molecular complexity index is 399. The Kier molecular flexibility index (Phi) is 4.61. The van der Waals surface area contributed by atoms with Gasteiger partial charge in [-0.15, -0.1) is 0 Å². The van der Waals surface area contributed by atoms with Gasteiger partial charge in [-0.3, -0.25) is 10.1 Å². The van der Waals surface area contributed by atoms with Gasteiger partial charge in [0.25, 0.3) is 5.69 Å². The Morgan fingerprint density at radius 2 is 2.18 bits per heavy atom. The first kappa shape index (κ1) is 13.1. The Morgan fingerprint density at radius 3 is 2.71 bits per heavy atom. The minimum atomic E-state index is -0.936. The first-order valence-electron chi connectivity index (χ1n) is 4.94. The van der Waals surface area contributed by atoms with Crippen LogP contribution in [0.1, 0.15) is 0 Å². The van der Waals surface area contributed by atoms with E-state index in [1.54, 1.807) is 7.05 Å². The molecule has 17 heavy (non-hydrogen) atoms. The molecule has 1 atom stereocenters. The molecule has 0 aliphatic rings. The van der Waals surface area contributed by atoms with E-state index in [-0.39, 0.29) is 24.7 Å². The molecule has 0 radical (unpaired) electrons. The summed E-state index contributed by atoms with van der Waals surface area (Å²) in [5, 5.41) is 33.8. The van der Waals surface area contributed by atoms with Crippen LogP contribution < -0.4 is 10.6 Å². The van der Waals surface area contributed by atoms with Crippen molar-refractivity contribution in [3.8, 4) is 0 Å². The summed E-state index contributed by atoms with van der Waals surface area (Å²) in [6, 6.07) is 2.55. The summed E-state index contributed by atoms with van der Waals surface area (Å²) in [6.07, 6.45) is -0.936. The van der Waals surface area contributed by atoms with Crippen LogP contribution in [0, 0.1) is 10.1 Å². The number of aliphatic hydroxyl groups is 2. The van der Waals surface area contributed by atoms with Crippen molar-refractivity contribution in [1.82, 2.24) is 4.98 Å². The van der Waals surface area contributed by atoms with Crippen LogP contribution in [0.5, 0.6) is 0 Å². The number of hydrogen-bond donors (Lipinski definition) is 4. The number of anilines is 2. The fraction of sp³-hybridized carbons (Fsp3) is 0.444. The topological polar surface area (TPSA) is 121 Å². The number of aromatic nitrogens is 1. The van der Waals surface area contributed by atoms with Crippen LogP contribution in [-0.4, -0.2) is 46.4 Å². The number of hydrogen-bond acceptors (Lipinski definition) is 7. The molecule has 0 bridgehead atoms. The lowest BCUT2D eigenvalue weighted by Crippen LogP contribution is -2.23. The summed E-state index contributed by atoms with van der Waals surface area (Å²) in [4.78, 5) is 14.1.